The molecule has 29 heavy (non-hydrogen) atoms. The molecule has 3 aromatic carbocycles. The predicted molar refractivity (Wildman–Crippen MR) is 110 cm³/mol. The molecule has 3 aromatic rings. The standard InChI is InChI=1S/C23H18N4O2/c24-13-16-4-3-7-21(12-16)25-22(28)17-8-10-20(11-9-17)26-23(29)27-14-18-5-1-2-6-19(18)15-27/h1-12H,14-15H2,(H,25,28)(H,26,29). The average Bonchev–Trinajstić information content (AvgIpc) is 3.19. The zero-order valence-electron chi connectivity index (χ0n) is 15.6. The molecule has 6 heteroatoms. The number of hydrogen-bond donors (Lipinski definition) is 2. The highest BCUT2D eigenvalue weighted by molar-refractivity contribution is 6.04. The number of urea groups is 1. The number of anilines is 2. The first-order valence-electron chi connectivity index (χ1n) is 9.17. The second-order valence-electron chi connectivity index (χ2n) is 6.78. The van der Waals surface area contributed by atoms with Gasteiger partial charge in [0.15, 0.2) is 0 Å². The van der Waals surface area contributed by atoms with Crippen molar-refractivity contribution in [3.05, 3.63) is 95.1 Å². The topological polar surface area (TPSA) is 85.2 Å². The Balaban J connectivity index is 1.37. The highest BCUT2D eigenvalue weighted by atomic mass is 16.2. The maximum Gasteiger partial charge on any atom is 0.322 e. The Labute approximate surface area is 168 Å². The van der Waals surface area contributed by atoms with Crippen LogP contribution in [0.15, 0.2) is 72.8 Å². The lowest BCUT2D eigenvalue weighted by atomic mass is 10.1. The van der Waals surface area contributed by atoms with E-state index in [4.69, 9.17) is 5.26 Å². The van der Waals surface area contributed by atoms with Crippen LogP contribution >= 0.6 is 0 Å². The molecular formula is C23H18N4O2. The van der Waals surface area contributed by atoms with Gasteiger partial charge in [-0.2, -0.15) is 5.26 Å². The van der Waals surface area contributed by atoms with Crippen LogP contribution in [0.4, 0.5) is 16.2 Å². The van der Waals surface area contributed by atoms with E-state index in [0.29, 0.717) is 35.6 Å². The Hall–Kier alpha value is -4.11. The van der Waals surface area contributed by atoms with E-state index in [-0.39, 0.29) is 11.9 Å². The average molecular weight is 382 g/mol. The predicted octanol–water partition coefficient (Wildman–Crippen LogP) is 4.36. The number of amides is 3. The van der Waals surface area contributed by atoms with Gasteiger partial charge in [-0.25, -0.2) is 4.79 Å². The Morgan fingerprint density at radius 2 is 1.52 bits per heavy atom. The SMILES string of the molecule is N#Cc1cccc(NC(=O)c2ccc(NC(=O)N3Cc4ccccc4C3)cc2)c1. The van der Waals surface area contributed by atoms with Crippen molar-refractivity contribution >= 4 is 23.3 Å². The molecule has 0 aromatic heterocycles. The van der Waals surface area contributed by atoms with Crippen LogP contribution in [-0.2, 0) is 13.1 Å². The molecule has 0 radical (unpaired) electrons. The fraction of sp³-hybridized carbons (Fsp3) is 0.0870. The lowest BCUT2D eigenvalue weighted by Crippen LogP contribution is -2.30. The van der Waals surface area contributed by atoms with E-state index in [1.54, 1.807) is 53.4 Å². The van der Waals surface area contributed by atoms with Crippen LogP contribution in [0.3, 0.4) is 0 Å². The van der Waals surface area contributed by atoms with Gasteiger partial charge in [-0.05, 0) is 53.6 Å². The fourth-order valence-electron chi connectivity index (χ4n) is 3.25. The summed E-state index contributed by atoms with van der Waals surface area (Å²) < 4.78 is 0. The molecule has 0 fully saturated rings. The van der Waals surface area contributed by atoms with Gasteiger partial charge in [0, 0.05) is 30.0 Å². The summed E-state index contributed by atoms with van der Waals surface area (Å²) in [4.78, 5) is 26.6. The summed E-state index contributed by atoms with van der Waals surface area (Å²) in [7, 11) is 0. The second kappa shape index (κ2) is 7.87. The van der Waals surface area contributed by atoms with Crippen LogP contribution in [0.1, 0.15) is 27.0 Å². The molecule has 3 amide bonds. The van der Waals surface area contributed by atoms with Gasteiger partial charge in [0.25, 0.3) is 5.91 Å². The van der Waals surface area contributed by atoms with E-state index in [0.717, 1.165) is 11.1 Å². The molecule has 4 rings (SSSR count). The van der Waals surface area contributed by atoms with Gasteiger partial charge in [-0.1, -0.05) is 30.3 Å². The summed E-state index contributed by atoms with van der Waals surface area (Å²) in [6, 6.07) is 23.3. The Bertz CT molecular complexity index is 1090. The molecule has 0 saturated heterocycles. The van der Waals surface area contributed by atoms with E-state index in [1.165, 1.54) is 0 Å². The first-order chi connectivity index (χ1) is 14.1. The lowest BCUT2D eigenvalue weighted by molar-refractivity contribution is 0.102. The molecule has 0 saturated carbocycles. The van der Waals surface area contributed by atoms with Crippen LogP contribution < -0.4 is 10.6 Å². The summed E-state index contributed by atoms with van der Waals surface area (Å²) >= 11 is 0. The number of benzene rings is 3. The van der Waals surface area contributed by atoms with Crippen molar-refractivity contribution in [1.29, 1.82) is 5.26 Å². The van der Waals surface area contributed by atoms with Crippen molar-refractivity contribution in [3.63, 3.8) is 0 Å². The van der Waals surface area contributed by atoms with Gasteiger partial charge in [-0.15, -0.1) is 0 Å². The Morgan fingerprint density at radius 1 is 0.828 bits per heavy atom. The third-order valence-corrected chi connectivity index (χ3v) is 4.78. The largest absolute Gasteiger partial charge is 0.322 e. The maximum atomic E-state index is 12.5. The van der Waals surface area contributed by atoms with Crippen LogP contribution in [0.5, 0.6) is 0 Å². The van der Waals surface area contributed by atoms with E-state index in [1.807, 2.05) is 30.3 Å². The van der Waals surface area contributed by atoms with Crippen molar-refractivity contribution < 1.29 is 9.59 Å². The van der Waals surface area contributed by atoms with Gasteiger partial charge in [-0.3, -0.25) is 4.79 Å². The van der Waals surface area contributed by atoms with Gasteiger partial charge >= 0.3 is 6.03 Å². The van der Waals surface area contributed by atoms with Crippen LogP contribution in [0.2, 0.25) is 0 Å². The van der Waals surface area contributed by atoms with Crippen molar-refractivity contribution in [3.8, 4) is 6.07 Å². The smallest absolute Gasteiger partial charge is 0.322 e. The van der Waals surface area contributed by atoms with E-state index in [2.05, 4.69) is 10.6 Å². The quantitative estimate of drug-likeness (QED) is 0.706. The Morgan fingerprint density at radius 3 is 2.17 bits per heavy atom. The molecule has 0 bridgehead atoms. The highest BCUT2D eigenvalue weighted by Gasteiger charge is 2.22. The maximum absolute atomic E-state index is 12.5. The monoisotopic (exact) mass is 382 g/mol. The van der Waals surface area contributed by atoms with Crippen molar-refractivity contribution in [2.75, 3.05) is 10.6 Å². The molecule has 0 unspecified atom stereocenters. The highest BCUT2D eigenvalue weighted by Crippen LogP contribution is 2.23. The number of nitriles is 1. The van der Waals surface area contributed by atoms with Gasteiger partial charge < -0.3 is 15.5 Å². The first kappa shape index (κ1) is 18.3. The number of carbonyl (C=O) groups is 2. The summed E-state index contributed by atoms with van der Waals surface area (Å²) in [5.74, 6) is -0.284. The zero-order chi connectivity index (χ0) is 20.2. The van der Waals surface area contributed by atoms with E-state index in [9.17, 15) is 9.59 Å². The molecule has 0 aliphatic carbocycles. The third-order valence-electron chi connectivity index (χ3n) is 4.78. The molecule has 1 aliphatic heterocycles. The zero-order valence-corrected chi connectivity index (χ0v) is 15.6. The molecular weight excluding hydrogens is 364 g/mol. The van der Waals surface area contributed by atoms with Crippen LogP contribution in [-0.4, -0.2) is 16.8 Å². The summed E-state index contributed by atoms with van der Waals surface area (Å²) in [5, 5.41) is 14.6. The third kappa shape index (κ3) is 4.09. The molecule has 6 nitrogen and oxygen atoms in total. The number of nitrogens with zero attached hydrogens (tertiary/aromatic N) is 2. The van der Waals surface area contributed by atoms with Crippen LogP contribution in [0.25, 0.3) is 0 Å². The number of hydrogen-bond acceptors (Lipinski definition) is 3. The first-order valence-corrected chi connectivity index (χ1v) is 9.17. The summed E-state index contributed by atoms with van der Waals surface area (Å²) in [5.41, 5.74) is 4.43. The molecule has 1 heterocycles. The summed E-state index contributed by atoms with van der Waals surface area (Å²) in [6.07, 6.45) is 0. The van der Waals surface area contributed by atoms with E-state index < -0.39 is 0 Å². The fourth-order valence-corrected chi connectivity index (χ4v) is 3.25. The molecule has 0 atom stereocenters. The minimum atomic E-state index is -0.284. The van der Waals surface area contributed by atoms with Gasteiger partial charge in [0.2, 0.25) is 0 Å². The lowest BCUT2D eigenvalue weighted by Gasteiger charge is -2.16. The van der Waals surface area contributed by atoms with Gasteiger partial charge in [0.05, 0.1) is 11.6 Å². The molecule has 1 aliphatic rings. The molecule has 0 spiro atoms. The van der Waals surface area contributed by atoms with Crippen molar-refractivity contribution in [2.24, 2.45) is 0 Å². The van der Waals surface area contributed by atoms with Crippen molar-refractivity contribution in [2.45, 2.75) is 13.1 Å². The molecule has 2 N–H and O–H groups in total. The normalized spacial score (nSPS) is 12.0. The number of carbonyl (C=O) groups excluding carboxylic acids is 2. The van der Waals surface area contributed by atoms with Gasteiger partial charge in [0.1, 0.15) is 0 Å². The number of fused-ring (bicyclic) bond motifs is 1. The Kier molecular flexibility index (Phi) is 4.95. The summed E-state index contributed by atoms with van der Waals surface area (Å²) in [6.45, 7) is 1.18. The van der Waals surface area contributed by atoms with Crippen molar-refractivity contribution in [1.82, 2.24) is 4.90 Å². The van der Waals surface area contributed by atoms with Crippen LogP contribution in [0, 0.1) is 11.3 Å². The molecule has 142 valence electrons. The number of nitrogens with one attached hydrogen (secondary N) is 2. The number of rotatable bonds is 3. The second-order valence-corrected chi connectivity index (χ2v) is 6.78. The minimum Gasteiger partial charge on any atom is -0.322 e. The minimum absolute atomic E-state index is 0.174. The van der Waals surface area contributed by atoms with E-state index >= 15 is 0 Å².